The van der Waals surface area contributed by atoms with Gasteiger partial charge in [0.1, 0.15) is 28.3 Å². The van der Waals surface area contributed by atoms with Crippen LogP contribution in [0.1, 0.15) is 42.0 Å². The van der Waals surface area contributed by atoms with Crippen LogP contribution in [0.2, 0.25) is 0 Å². The number of nitrogens with zero attached hydrogens (tertiary/aromatic N) is 3. The summed E-state index contributed by atoms with van der Waals surface area (Å²) in [5.41, 5.74) is -2.73. The molecule has 0 aliphatic carbocycles. The Morgan fingerprint density at radius 3 is 2.38 bits per heavy atom. The Hall–Kier alpha value is -3.69. The average Bonchev–Trinajstić information content (AvgIpc) is 3.35. The molecule has 4 aromatic rings. The van der Waals surface area contributed by atoms with E-state index < -0.39 is 51.8 Å². The summed E-state index contributed by atoms with van der Waals surface area (Å²) in [6.45, 7) is 3.30. The topological polar surface area (TPSA) is 75.8 Å². The molecule has 5 nitrogen and oxygen atoms in total. The Labute approximate surface area is 226 Å². The third kappa shape index (κ3) is 5.69. The maximum Gasteiger partial charge on any atom is 0.417 e. The molecule has 0 aliphatic heterocycles. The van der Waals surface area contributed by atoms with E-state index in [4.69, 9.17) is 0 Å². The first-order chi connectivity index (χ1) is 18.3. The molecule has 0 saturated carbocycles. The minimum Gasteiger partial charge on any atom is -0.302 e. The van der Waals surface area contributed by atoms with E-state index in [0.717, 1.165) is 33.6 Å². The number of benzene rings is 1. The summed E-state index contributed by atoms with van der Waals surface area (Å²) in [5.74, 6) is -1.84. The van der Waals surface area contributed by atoms with Gasteiger partial charge in [-0.05, 0) is 41.8 Å². The van der Waals surface area contributed by atoms with Crippen LogP contribution in [0.3, 0.4) is 0 Å². The number of thiophene rings is 1. The molecule has 3 heterocycles. The minimum atomic E-state index is -5.00. The Balaban J connectivity index is 1.92. The van der Waals surface area contributed by atoms with Gasteiger partial charge in [-0.3, -0.25) is 9.00 Å². The van der Waals surface area contributed by atoms with Crippen molar-refractivity contribution < 1.29 is 26.2 Å². The van der Waals surface area contributed by atoms with Gasteiger partial charge in [-0.25, -0.2) is 13.8 Å². The van der Waals surface area contributed by atoms with Crippen LogP contribution in [0, 0.1) is 23.0 Å². The van der Waals surface area contributed by atoms with Crippen molar-refractivity contribution in [3.05, 3.63) is 92.9 Å². The van der Waals surface area contributed by atoms with E-state index in [9.17, 15) is 36.2 Å². The fourth-order valence-corrected chi connectivity index (χ4v) is 5.89. The molecule has 39 heavy (non-hydrogen) atoms. The van der Waals surface area contributed by atoms with E-state index in [0.29, 0.717) is 27.6 Å². The lowest BCUT2D eigenvalue weighted by molar-refractivity contribution is -0.137. The van der Waals surface area contributed by atoms with Crippen LogP contribution in [-0.2, 0) is 23.5 Å². The Morgan fingerprint density at radius 1 is 1.10 bits per heavy atom. The van der Waals surface area contributed by atoms with E-state index in [1.54, 1.807) is 6.07 Å². The molecular weight excluding hydrogens is 557 g/mol. The second-order valence-electron chi connectivity index (χ2n) is 8.95. The summed E-state index contributed by atoms with van der Waals surface area (Å²) in [4.78, 5) is 18.3. The molecule has 0 N–H and O–H groups in total. The van der Waals surface area contributed by atoms with Gasteiger partial charge < -0.3 is 4.57 Å². The molecule has 0 radical (unpaired) electrons. The van der Waals surface area contributed by atoms with E-state index in [1.165, 1.54) is 24.6 Å². The van der Waals surface area contributed by atoms with Crippen LogP contribution in [-0.4, -0.2) is 20.0 Å². The minimum absolute atomic E-state index is 0.000521. The van der Waals surface area contributed by atoms with Crippen molar-refractivity contribution in [2.75, 3.05) is 6.26 Å². The van der Waals surface area contributed by atoms with Gasteiger partial charge >= 0.3 is 6.18 Å². The fraction of sp³-hybridized carbons (Fsp3) is 0.222. The summed E-state index contributed by atoms with van der Waals surface area (Å²) >= 11 is 1.07. The molecule has 1 aromatic carbocycles. The number of alkyl halides is 3. The lowest BCUT2D eigenvalue weighted by Crippen LogP contribution is -2.28. The SMILES string of the molecule is CC(C)c1cc(-c2ccc(-c3cc(C(F)(F)F)c(C#N)c(=O)n3Cc3ccc(F)cc3F)s2)cnc1S(C)=O. The van der Waals surface area contributed by atoms with E-state index in [-0.39, 0.29) is 22.1 Å². The van der Waals surface area contributed by atoms with Crippen molar-refractivity contribution >= 4 is 22.1 Å². The van der Waals surface area contributed by atoms with Crippen LogP contribution in [0.25, 0.3) is 21.0 Å². The van der Waals surface area contributed by atoms with Crippen molar-refractivity contribution in [1.29, 1.82) is 5.26 Å². The molecule has 1 unspecified atom stereocenters. The summed E-state index contributed by atoms with van der Waals surface area (Å²) in [6.07, 6.45) is -1.97. The molecule has 3 aromatic heterocycles. The number of hydrogen-bond acceptors (Lipinski definition) is 5. The van der Waals surface area contributed by atoms with Gasteiger partial charge in [0.25, 0.3) is 5.56 Å². The summed E-state index contributed by atoms with van der Waals surface area (Å²) in [5, 5.41) is 9.81. The average molecular weight is 578 g/mol. The lowest BCUT2D eigenvalue weighted by Gasteiger charge is -2.17. The molecule has 202 valence electrons. The lowest BCUT2D eigenvalue weighted by atomic mass is 10.0. The molecule has 0 saturated heterocycles. The van der Waals surface area contributed by atoms with Gasteiger partial charge in [-0.15, -0.1) is 11.3 Å². The van der Waals surface area contributed by atoms with Gasteiger partial charge in [0.05, 0.1) is 33.5 Å². The van der Waals surface area contributed by atoms with Gasteiger partial charge in [-0.1, -0.05) is 19.9 Å². The number of rotatable bonds is 6. The van der Waals surface area contributed by atoms with Gasteiger partial charge in [-0.2, -0.15) is 18.4 Å². The normalized spacial score (nSPS) is 12.5. The standard InChI is InChI=1S/C27H20F5N3O2S2/c1-14(2)18-8-16(12-34-25(18)39(3)37)23-6-7-24(38-23)22-10-20(27(30,31)32)19(11-33)26(36)35(22)13-15-4-5-17(28)9-21(15)29/h4-10,12,14H,13H2,1-3H3. The number of halogens is 5. The van der Waals surface area contributed by atoms with Gasteiger partial charge in [0.2, 0.25) is 0 Å². The van der Waals surface area contributed by atoms with E-state index in [2.05, 4.69) is 4.98 Å². The highest BCUT2D eigenvalue weighted by molar-refractivity contribution is 7.84. The molecule has 1 atom stereocenters. The maximum atomic E-state index is 14.4. The van der Waals surface area contributed by atoms with Crippen molar-refractivity contribution in [2.24, 2.45) is 0 Å². The fourth-order valence-electron chi connectivity index (χ4n) is 4.05. The number of hydrogen-bond donors (Lipinski definition) is 0. The van der Waals surface area contributed by atoms with E-state index >= 15 is 0 Å². The summed E-state index contributed by atoms with van der Waals surface area (Å²) in [7, 11) is -1.33. The van der Waals surface area contributed by atoms with Crippen molar-refractivity contribution in [1.82, 2.24) is 9.55 Å². The molecular formula is C27H20F5N3O2S2. The van der Waals surface area contributed by atoms with Crippen LogP contribution >= 0.6 is 11.3 Å². The van der Waals surface area contributed by atoms with E-state index in [1.807, 2.05) is 19.9 Å². The number of pyridine rings is 2. The first-order valence-electron chi connectivity index (χ1n) is 11.4. The Kier molecular flexibility index (Phi) is 7.86. The highest BCUT2D eigenvalue weighted by Gasteiger charge is 2.37. The molecule has 0 fully saturated rings. The summed E-state index contributed by atoms with van der Waals surface area (Å²) < 4.78 is 82.4. The predicted molar refractivity (Wildman–Crippen MR) is 139 cm³/mol. The Bertz CT molecular complexity index is 1700. The van der Waals surface area contributed by atoms with Crippen molar-refractivity contribution in [3.63, 3.8) is 0 Å². The van der Waals surface area contributed by atoms with Crippen LogP contribution in [0.15, 0.2) is 58.5 Å². The molecule has 0 spiro atoms. The second-order valence-corrected chi connectivity index (χ2v) is 11.3. The molecule has 4 rings (SSSR count). The zero-order chi connectivity index (χ0) is 28.6. The quantitative estimate of drug-likeness (QED) is 0.239. The molecule has 0 bridgehead atoms. The first-order valence-corrected chi connectivity index (χ1v) is 13.8. The van der Waals surface area contributed by atoms with Crippen molar-refractivity contribution in [3.8, 4) is 27.1 Å². The highest BCUT2D eigenvalue weighted by Crippen LogP contribution is 2.39. The molecule has 12 heteroatoms. The smallest absolute Gasteiger partial charge is 0.302 e. The third-order valence-electron chi connectivity index (χ3n) is 5.98. The van der Waals surface area contributed by atoms with Crippen LogP contribution in [0.4, 0.5) is 22.0 Å². The van der Waals surface area contributed by atoms with Crippen molar-refractivity contribution in [2.45, 2.75) is 37.5 Å². The maximum absolute atomic E-state index is 14.4. The van der Waals surface area contributed by atoms with Gasteiger partial charge in [0, 0.05) is 34.5 Å². The zero-order valence-corrected chi connectivity index (χ0v) is 22.4. The molecule has 0 amide bonds. The van der Waals surface area contributed by atoms with Gasteiger partial charge in [0.15, 0.2) is 0 Å². The summed E-state index contributed by atoms with van der Waals surface area (Å²) in [6, 6.07) is 9.64. The monoisotopic (exact) mass is 577 g/mol. The number of nitriles is 1. The van der Waals surface area contributed by atoms with Crippen LogP contribution < -0.4 is 5.56 Å². The second kappa shape index (κ2) is 10.8. The largest absolute Gasteiger partial charge is 0.417 e. The Morgan fingerprint density at radius 2 is 1.79 bits per heavy atom. The predicted octanol–water partition coefficient (Wildman–Crippen LogP) is 6.72. The number of aromatic nitrogens is 2. The third-order valence-corrected chi connectivity index (χ3v) is 8.02. The zero-order valence-electron chi connectivity index (χ0n) is 20.8. The molecule has 0 aliphatic rings. The first kappa shape index (κ1) is 28.3. The van der Waals surface area contributed by atoms with Crippen LogP contribution in [0.5, 0.6) is 0 Å². The highest BCUT2D eigenvalue weighted by atomic mass is 32.2.